The quantitative estimate of drug-likeness (QED) is 0.413. The Morgan fingerprint density at radius 3 is 2.56 bits per heavy atom. The molecule has 1 N–H and O–H groups in total. The minimum absolute atomic E-state index is 0.147. The van der Waals surface area contributed by atoms with Gasteiger partial charge in [0.05, 0.1) is 5.56 Å². The Labute approximate surface area is 197 Å². The van der Waals surface area contributed by atoms with E-state index in [0.717, 1.165) is 34.5 Å². The van der Waals surface area contributed by atoms with Crippen LogP contribution in [0.5, 0.6) is 0 Å². The molecule has 10 heteroatoms. The summed E-state index contributed by atoms with van der Waals surface area (Å²) in [4.78, 5) is 27.3. The predicted octanol–water partition coefficient (Wildman–Crippen LogP) is 5.56. The van der Waals surface area contributed by atoms with Crippen LogP contribution in [-0.2, 0) is 19.1 Å². The molecular weight excluding hydrogens is 463 g/mol. The maximum absolute atomic E-state index is 13.1. The number of fused-ring (bicyclic) bond motifs is 1. The highest BCUT2D eigenvalue weighted by atomic mass is 32.1. The number of halogens is 3. The number of amides is 1. The van der Waals surface area contributed by atoms with E-state index in [2.05, 4.69) is 20.3 Å². The van der Waals surface area contributed by atoms with Gasteiger partial charge in [0.2, 0.25) is 0 Å². The van der Waals surface area contributed by atoms with Gasteiger partial charge in [-0.1, -0.05) is 12.1 Å². The summed E-state index contributed by atoms with van der Waals surface area (Å²) in [5.41, 5.74) is 3.88. The average Bonchev–Trinajstić information content (AvgIpc) is 3.34. The molecule has 6 nitrogen and oxygen atoms in total. The van der Waals surface area contributed by atoms with E-state index in [1.807, 2.05) is 18.2 Å². The van der Waals surface area contributed by atoms with Crippen LogP contribution in [0.15, 0.2) is 66.6 Å². The monoisotopic (exact) mass is 481 g/mol. The van der Waals surface area contributed by atoms with Gasteiger partial charge in [0.1, 0.15) is 17.0 Å². The SMILES string of the molecule is O=C(c1csc(-c2cncnc2)n1)N1CCc2c(cccc2Nc2ccc(C(F)(F)F)cc2)C1. The number of aromatic nitrogens is 3. The first-order valence-corrected chi connectivity index (χ1v) is 11.3. The molecule has 0 aliphatic carbocycles. The normalized spacial score (nSPS) is 13.4. The molecule has 2 aromatic carbocycles. The maximum atomic E-state index is 13.1. The van der Waals surface area contributed by atoms with E-state index in [4.69, 9.17) is 0 Å². The number of nitrogens with zero attached hydrogens (tertiary/aromatic N) is 4. The van der Waals surface area contributed by atoms with Gasteiger partial charge in [-0.05, 0) is 47.9 Å². The van der Waals surface area contributed by atoms with E-state index in [-0.39, 0.29) is 5.91 Å². The molecule has 1 amide bonds. The van der Waals surface area contributed by atoms with E-state index in [1.165, 1.54) is 29.8 Å². The van der Waals surface area contributed by atoms with Crippen LogP contribution in [0, 0.1) is 0 Å². The number of rotatable bonds is 4. The minimum atomic E-state index is -4.37. The molecule has 34 heavy (non-hydrogen) atoms. The fraction of sp³-hybridized carbons (Fsp3) is 0.167. The van der Waals surface area contributed by atoms with E-state index in [1.54, 1.807) is 22.7 Å². The van der Waals surface area contributed by atoms with Crippen molar-refractivity contribution in [2.75, 3.05) is 11.9 Å². The second-order valence-electron chi connectivity index (χ2n) is 7.79. The molecule has 4 aromatic rings. The van der Waals surface area contributed by atoms with Crippen LogP contribution in [0.3, 0.4) is 0 Å². The molecule has 172 valence electrons. The van der Waals surface area contributed by atoms with Crippen molar-refractivity contribution >= 4 is 28.6 Å². The summed E-state index contributed by atoms with van der Waals surface area (Å²) in [6.45, 7) is 0.941. The van der Waals surface area contributed by atoms with Gasteiger partial charge in [-0.3, -0.25) is 4.79 Å². The average molecular weight is 482 g/mol. The van der Waals surface area contributed by atoms with Crippen LogP contribution < -0.4 is 5.32 Å². The third-order valence-electron chi connectivity index (χ3n) is 5.58. The molecule has 0 radical (unpaired) electrons. The smallest absolute Gasteiger partial charge is 0.355 e. The van der Waals surface area contributed by atoms with Gasteiger partial charge >= 0.3 is 6.18 Å². The Morgan fingerprint density at radius 1 is 1.06 bits per heavy atom. The molecule has 1 aliphatic heterocycles. The van der Waals surface area contributed by atoms with Gasteiger partial charge in [0, 0.05) is 47.8 Å². The van der Waals surface area contributed by atoms with Crippen LogP contribution in [0.2, 0.25) is 0 Å². The lowest BCUT2D eigenvalue weighted by molar-refractivity contribution is -0.137. The van der Waals surface area contributed by atoms with Crippen molar-refractivity contribution in [3.8, 4) is 10.6 Å². The van der Waals surface area contributed by atoms with Gasteiger partial charge in [0.25, 0.3) is 5.91 Å². The summed E-state index contributed by atoms with van der Waals surface area (Å²) >= 11 is 1.37. The zero-order valence-electron chi connectivity index (χ0n) is 17.7. The number of carbonyl (C=O) groups is 1. The first-order valence-electron chi connectivity index (χ1n) is 10.4. The molecule has 0 fully saturated rings. The second kappa shape index (κ2) is 8.86. The molecule has 0 atom stereocenters. The molecule has 0 saturated heterocycles. The topological polar surface area (TPSA) is 71.0 Å². The van der Waals surface area contributed by atoms with Crippen LogP contribution in [-0.4, -0.2) is 32.3 Å². The number of thiazole rings is 1. The minimum Gasteiger partial charge on any atom is -0.355 e. The lowest BCUT2D eigenvalue weighted by atomic mass is 9.97. The highest BCUT2D eigenvalue weighted by molar-refractivity contribution is 7.13. The first kappa shape index (κ1) is 22.0. The van der Waals surface area contributed by atoms with E-state index >= 15 is 0 Å². The molecule has 0 unspecified atom stereocenters. The van der Waals surface area contributed by atoms with Crippen molar-refractivity contribution in [1.29, 1.82) is 0 Å². The number of carbonyl (C=O) groups excluding carboxylic acids is 1. The zero-order valence-corrected chi connectivity index (χ0v) is 18.5. The second-order valence-corrected chi connectivity index (χ2v) is 8.64. The lowest BCUT2D eigenvalue weighted by Crippen LogP contribution is -2.36. The summed E-state index contributed by atoms with van der Waals surface area (Å²) in [5, 5.41) is 5.64. The van der Waals surface area contributed by atoms with Crippen molar-refractivity contribution in [3.63, 3.8) is 0 Å². The predicted molar refractivity (Wildman–Crippen MR) is 123 cm³/mol. The Hall–Kier alpha value is -3.79. The third kappa shape index (κ3) is 4.49. The summed E-state index contributed by atoms with van der Waals surface area (Å²) in [5.74, 6) is -0.147. The largest absolute Gasteiger partial charge is 0.416 e. The van der Waals surface area contributed by atoms with Crippen molar-refractivity contribution in [2.24, 2.45) is 0 Å². The number of anilines is 2. The Morgan fingerprint density at radius 2 is 1.82 bits per heavy atom. The highest BCUT2D eigenvalue weighted by Crippen LogP contribution is 2.33. The summed E-state index contributed by atoms with van der Waals surface area (Å²) in [6, 6.07) is 10.7. The molecule has 3 heterocycles. The fourth-order valence-electron chi connectivity index (χ4n) is 3.87. The molecule has 0 saturated carbocycles. The number of alkyl halides is 3. The zero-order chi connectivity index (χ0) is 23.7. The number of nitrogens with one attached hydrogen (secondary N) is 1. The fourth-order valence-corrected chi connectivity index (χ4v) is 4.64. The summed E-state index contributed by atoms with van der Waals surface area (Å²) < 4.78 is 38.5. The van der Waals surface area contributed by atoms with Crippen molar-refractivity contribution in [1.82, 2.24) is 19.9 Å². The van der Waals surface area contributed by atoms with Gasteiger partial charge in [-0.25, -0.2) is 15.0 Å². The van der Waals surface area contributed by atoms with E-state index in [0.29, 0.717) is 35.9 Å². The van der Waals surface area contributed by atoms with Gasteiger partial charge in [-0.15, -0.1) is 11.3 Å². The highest BCUT2D eigenvalue weighted by Gasteiger charge is 2.30. The Balaban J connectivity index is 1.31. The Kier molecular flexibility index (Phi) is 5.74. The molecule has 5 rings (SSSR count). The van der Waals surface area contributed by atoms with Gasteiger partial charge < -0.3 is 10.2 Å². The molecular formula is C24H18F3N5OS. The number of benzene rings is 2. The van der Waals surface area contributed by atoms with Gasteiger partial charge in [-0.2, -0.15) is 13.2 Å². The van der Waals surface area contributed by atoms with Crippen molar-refractivity contribution < 1.29 is 18.0 Å². The van der Waals surface area contributed by atoms with Crippen LogP contribution >= 0.6 is 11.3 Å². The van der Waals surface area contributed by atoms with Crippen molar-refractivity contribution in [2.45, 2.75) is 19.1 Å². The Bertz CT molecular complexity index is 1320. The van der Waals surface area contributed by atoms with Crippen LogP contribution in [0.25, 0.3) is 10.6 Å². The first-order chi connectivity index (χ1) is 16.4. The van der Waals surface area contributed by atoms with Gasteiger partial charge in [0.15, 0.2) is 0 Å². The van der Waals surface area contributed by atoms with Crippen LogP contribution in [0.1, 0.15) is 27.2 Å². The third-order valence-corrected chi connectivity index (χ3v) is 6.47. The molecule has 0 bridgehead atoms. The van der Waals surface area contributed by atoms with E-state index in [9.17, 15) is 18.0 Å². The van der Waals surface area contributed by atoms with Crippen LogP contribution in [0.4, 0.5) is 24.5 Å². The molecule has 2 aromatic heterocycles. The van der Waals surface area contributed by atoms with Crippen molar-refractivity contribution in [3.05, 3.63) is 88.9 Å². The van der Waals surface area contributed by atoms with E-state index < -0.39 is 11.7 Å². The number of hydrogen-bond acceptors (Lipinski definition) is 6. The lowest BCUT2D eigenvalue weighted by Gasteiger charge is -2.30. The standard InChI is InChI=1S/C24H18F3N5OS/c25-24(26,27)17-4-6-18(7-5-17)30-20-3-1-2-15-12-32(9-8-19(15)20)23(33)21-13-34-22(31-21)16-10-28-14-29-11-16/h1-7,10-11,13-14,30H,8-9,12H2. The number of hydrogen-bond donors (Lipinski definition) is 1. The molecule has 1 aliphatic rings. The molecule has 0 spiro atoms. The summed E-state index contributed by atoms with van der Waals surface area (Å²) in [6.07, 6.45) is 1.00. The summed E-state index contributed by atoms with van der Waals surface area (Å²) in [7, 11) is 0. The maximum Gasteiger partial charge on any atom is 0.416 e.